The Hall–Kier alpha value is -1.15. The first-order valence-electron chi connectivity index (χ1n) is 4.93. The van der Waals surface area contributed by atoms with Gasteiger partial charge in [-0.05, 0) is 25.3 Å². The molecule has 1 aliphatic rings. The highest BCUT2D eigenvalue weighted by Crippen LogP contribution is 2.36. The fourth-order valence-corrected chi connectivity index (χ4v) is 1.66. The molecule has 14 heavy (non-hydrogen) atoms. The molecule has 1 heterocycles. The minimum atomic E-state index is -0.491. The summed E-state index contributed by atoms with van der Waals surface area (Å²) in [5, 5.41) is 0. The van der Waals surface area contributed by atoms with Crippen LogP contribution in [0.5, 0.6) is 0 Å². The Morgan fingerprint density at radius 2 is 2.14 bits per heavy atom. The predicted molar refractivity (Wildman–Crippen MR) is 54.1 cm³/mol. The van der Waals surface area contributed by atoms with E-state index in [0.29, 0.717) is 0 Å². The second-order valence-corrected chi connectivity index (χ2v) is 3.93. The summed E-state index contributed by atoms with van der Waals surface area (Å²) in [4.78, 5) is 10.6. The van der Waals surface area contributed by atoms with Gasteiger partial charge in [0, 0.05) is 0 Å². The van der Waals surface area contributed by atoms with Crippen molar-refractivity contribution in [1.82, 2.24) is 0 Å². The summed E-state index contributed by atoms with van der Waals surface area (Å²) in [6.07, 6.45) is 2.94. The summed E-state index contributed by atoms with van der Waals surface area (Å²) in [7, 11) is 0. The second kappa shape index (κ2) is 3.54. The van der Waals surface area contributed by atoms with Crippen LogP contribution in [0, 0.1) is 0 Å². The molecule has 1 aromatic carbocycles. The molecule has 74 valence electrons. The van der Waals surface area contributed by atoms with Gasteiger partial charge in [-0.25, -0.2) is 0 Å². The first kappa shape index (κ1) is 9.41. The standard InChI is InChI=1S/C12H14O2/c1-12(9-13)11(14-12)8-7-10-5-3-2-4-6-10/h2-6,9,11H,7-8H2,1H3/t11-,12+/m0/s1. The number of carbonyl (C=O) groups excluding carboxylic acids is 1. The largest absolute Gasteiger partial charge is 0.358 e. The maximum Gasteiger partial charge on any atom is 0.154 e. The van der Waals surface area contributed by atoms with Gasteiger partial charge in [0.25, 0.3) is 0 Å². The quantitative estimate of drug-likeness (QED) is 0.536. The van der Waals surface area contributed by atoms with Gasteiger partial charge in [0.15, 0.2) is 6.29 Å². The van der Waals surface area contributed by atoms with Crippen molar-refractivity contribution in [3.05, 3.63) is 35.9 Å². The third kappa shape index (κ3) is 1.85. The van der Waals surface area contributed by atoms with E-state index in [2.05, 4.69) is 12.1 Å². The van der Waals surface area contributed by atoms with Crippen LogP contribution in [-0.4, -0.2) is 18.0 Å². The van der Waals surface area contributed by atoms with Crippen LogP contribution in [0.2, 0.25) is 0 Å². The van der Waals surface area contributed by atoms with Crippen molar-refractivity contribution in [2.45, 2.75) is 31.5 Å². The maximum atomic E-state index is 10.6. The molecule has 1 aliphatic heterocycles. The molecule has 0 saturated carbocycles. The van der Waals surface area contributed by atoms with Crippen LogP contribution in [0.15, 0.2) is 30.3 Å². The number of carbonyl (C=O) groups is 1. The molecule has 0 amide bonds. The van der Waals surface area contributed by atoms with Crippen molar-refractivity contribution in [2.75, 3.05) is 0 Å². The van der Waals surface area contributed by atoms with Crippen LogP contribution in [-0.2, 0) is 16.0 Å². The SMILES string of the molecule is C[C@]1(C=O)O[C@H]1CCc1ccccc1. The molecule has 0 bridgehead atoms. The van der Waals surface area contributed by atoms with E-state index in [9.17, 15) is 4.79 Å². The van der Waals surface area contributed by atoms with E-state index in [1.165, 1.54) is 5.56 Å². The van der Waals surface area contributed by atoms with E-state index >= 15 is 0 Å². The highest BCUT2D eigenvalue weighted by Gasteiger charge is 2.51. The molecule has 2 nitrogen and oxygen atoms in total. The topological polar surface area (TPSA) is 29.6 Å². The monoisotopic (exact) mass is 190 g/mol. The van der Waals surface area contributed by atoms with Crippen molar-refractivity contribution in [3.8, 4) is 0 Å². The molecule has 1 saturated heterocycles. The lowest BCUT2D eigenvalue weighted by molar-refractivity contribution is -0.111. The lowest BCUT2D eigenvalue weighted by Crippen LogP contribution is -2.11. The van der Waals surface area contributed by atoms with Crippen LogP contribution in [0.1, 0.15) is 18.9 Å². The lowest BCUT2D eigenvalue weighted by Gasteiger charge is -1.98. The summed E-state index contributed by atoms with van der Waals surface area (Å²) in [5.41, 5.74) is 0.811. The van der Waals surface area contributed by atoms with E-state index in [1.807, 2.05) is 25.1 Å². The van der Waals surface area contributed by atoms with Gasteiger partial charge in [0.1, 0.15) is 5.60 Å². The summed E-state index contributed by atoms with van der Waals surface area (Å²) in [6, 6.07) is 10.3. The predicted octanol–water partition coefficient (Wildman–Crippen LogP) is 1.98. The molecule has 1 fully saturated rings. The van der Waals surface area contributed by atoms with Crippen molar-refractivity contribution < 1.29 is 9.53 Å². The summed E-state index contributed by atoms with van der Waals surface area (Å²) in [5.74, 6) is 0. The van der Waals surface area contributed by atoms with E-state index in [1.54, 1.807) is 0 Å². The Balaban J connectivity index is 1.83. The van der Waals surface area contributed by atoms with E-state index in [0.717, 1.165) is 19.1 Å². The number of epoxide rings is 1. The third-order valence-electron chi connectivity index (χ3n) is 2.75. The molecule has 1 aromatic rings. The average molecular weight is 190 g/mol. The van der Waals surface area contributed by atoms with Crippen molar-refractivity contribution in [1.29, 1.82) is 0 Å². The molecule has 0 aromatic heterocycles. The van der Waals surface area contributed by atoms with Crippen molar-refractivity contribution in [2.24, 2.45) is 0 Å². The Labute approximate surface area is 83.9 Å². The van der Waals surface area contributed by atoms with Gasteiger partial charge < -0.3 is 9.53 Å². The van der Waals surface area contributed by atoms with Crippen LogP contribution in [0.25, 0.3) is 0 Å². The molecule has 2 heteroatoms. The molecular formula is C12H14O2. The fraction of sp³-hybridized carbons (Fsp3) is 0.417. The Kier molecular flexibility index (Phi) is 2.38. The minimum absolute atomic E-state index is 0.125. The van der Waals surface area contributed by atoms with Gasteiger partial charge >= 0.3 is 0 Å². The fourth-order valence-electron chi connectivity index (χ4n) is 1.66. The van der Waals surface area contributed by atoms with Crippen molar-refractivity contribution >= 4 is 6.29 Å². The maximum absolute atomic E-state index is 10.6. The average Bonchev–Trinajstić information content (AvgIpc) is 2.90. The molecular weight excluding hydrogens is 176 g/mol. The van der Waals surface area contributed by atoms with Gasteiger partial charge in [-0.1, -0.05) is 30.3 Å². The zero-order chi connectivity index (χ0) is 10.0. The van der Waals surface area contributed by atoms with E-state index in [4.69, 9.17) is 4.74 Å². The molecule has 0 unspecified atom stereocenters. The Morgan fingerprint density at radius 3 is 2.71 bits per heavy atom. The first-order chi connectivity index (χ1) is 6.74. The van der Waals surface area contributed by atoms with Crippen LogP contribution >= 0.6 is 0 Å². The number of hydrogen-bond donors (Lipinski definition) is 0. The summed E-state index contributed by atoms with van der Waals surface area (Å²) < 4.78 is 5.31. The van der Waals surface area contributed by atoms with Gasteiger partial charge in [0.05, 0.1) is 6.10 Å². The molecule has 0 N–H and O–H groups in total. The summed E-state index contributed by atoms with van der Waals surface area (Å²) >= 11 is 0. The normalized spacial score (nSPS) is 29.9. The lowest BCUT2D eigenvalue weighted by atomic mass is 10.0. The number of aryl methyl sites for hydroxylation is 1. The number of benzene rings is 1. The minimum Gasteiger partial charge on any atom is -0.358 e. The van der Waals surface area contributed by atoms with Gasteiger partial charge in [-0.2, -0.15) is 0 Å². The zero-order valence-electron chi connectivity index (χ0n) is 8.27. The number of rotatable bonds is 4. The Bertz CT molecular complexity index is 320. The van der Waals surface area contributed by atoms with E-state index in [-0.39, 0.29) is 6.10 Å². The third-order valence-corrected chi connectivity index (χ3v) is 2.75. The summed E-state index contributed by atoms with van der Waals surface area (Å²) in [6.45, 7) is 1.84. The molecule has 0 spiro atoms. The molecule has 0 aliphatic carbocycles. The van der Waals surface area contributed by atoms with Gasteiger partial charge in [-0.3, -0.25) is 0 Å². The number of aldehydes is 1. The molecule has 0 radical (unpaired) electrons. The van der Waals surface area contributed by atoms with Crippen molar-refractivity contribution in [3.63, 3.8) is 0 Å². The molecule has 2 rings (SSSR count). The number of ether oxygens (including phenoxy) is 1. The second-order valence-electron chi connectivity index (χ2n) is 3.93. The van der Waals surface area contributed by atoms with Crippen LogP contribution in [0.4, 0.5) is 0 Å². The Morgan fingerprint density at radius 1 is 1.43 bits per heavy atom. The number of hydrogen-bond acceptors (Lipinski definition) is 2. The van der Waals surface area contributed by atoms with Crippen LogP contribution in [0.3, 0.4) is 0 Å². The van der Waals surface area contributed by atoms with Crippen LogP contribution < -0.4 is 0 Å². The van der Waals surface area contributed by atoms with Gasteiger partial charge in [0.2, 0.25) is 0 Å². The first-order valence-corrected chi connectivity index (χ1v) is 4.93. The highest BCUT2D eigenvalue weighted by molar-refractivity contribution is 5.66. The zero-order valence-corrected chi connectivity index (χ0v) is 8.27. The van der Waals surface area contributed by atoms with E-state index < -0.39 is 5.60 Å². The van der Waals surface area contributed by atoms with Gasteiger partial charge in [-0.15, -0.1) is 0 Å². The molecule has 2 atom stereocenters. The smallest absolute Gasteiger partial charge is 0.154 e. The highest BCUT2D eigenvalue weighted by atomic mass is 16.6.